The summed E-state index contributed by atoms with van der Waals surface area (Å²) in [7, 11) is 0. The lowest BCUT2D eigenvalue weighted by Crippen LogP contribution is -2.35. The molecule has 0 saturated carbocycles. The molecular weight excluding hydrogens is 503 g/mol. The second kappa shape index (κ2) is 9.14. The summed E-state index contributed by atoms with van der Waals surface area (Å²) in [6.45, 7) is 0.132. The van der Waals surface area contributed by atoms with Crippen LogP contribution in [0.25, 0.3) is 6.08 Å². The summed E-state index contributed by atoms with van der Waals surface area (Å²) in [6, 6.07) is 19.4. The second-order valence-electron chi connectivity index (χ2n) is 6.65. The van der Waals surface area contributed by atoms with E-state index in [1.807, 2.05) is 6.07 Å². The predicted octanol–water partition coefficient (Wildman–Crippen LogP) is 5.80. The van der Waals surface area contributed by atoms with Crippen molar-refractivity contribution in [2.45, 2.75) is 6.61 Å². The SMILES string of the molecule is O=C1NN(c2ccccc2)C(=O)/C1=C/c1cc(Br)ccc1OCc1c(Cl)cccc1Cl. The Morgan fingerprint density at radius 3 is 2.39 bits per heavy atom. The minimum Gasteiger partial charge on any atom is -0.488 e. The van der Waals surface area contributed by atoms with Gasteiger partial charge in [-0.25, -0.2) is 5.01 Å². The van der Waals surface area contributed by atoms with Crippen molar-refractivity contribution in [3.8, 4) is 5.75 Å². The van der Waals surface area contributed by atoms with E-state index in [1.54, 1.807) is 60.7 Å². The number of halogens is 3. The first-order valence-corrected chi connectivity index (χ1v) is 10.8. The molecule has 0 bridgehead atoms. The second-order valence-corrected chi connectivity index (χ2v) is 8.38. The quantitative estimate of drug-likeness (QED) is 0.344. The van der Waals surface area contributed by atoms with Crippen LogP contribution in [-0.2, 0) is 16.2 Å². The van der Waals surface area contributed by atoms with E-state index in [1.165, 1.54) is 11.1 Å². The fourth-order valence-electron chi connectivity index (χ4n) is 3.06. The van der Waals surface area contributed by atoms with Crippen LogP contribution in [0.4, 0.5) is 5.69 Å². The van der Waals surface area contributed by atoms with E-state index in [-0.39, 0.29) is 12.2 Å². The zero-order valence-corrected chi connectivity index (χ0v) is 19.0. The standard InChI is InChI=1S/C23H15BrCl2N2O3/c24-15-9-10-21(31-13-18-19(25)7-4-8-20(18)26)14(11-15)12-17-22(29)27-28(23(17)30)16-5-2-1-3-6-16/h1-12H,13H2,(H,27,29)/b17-12+. The van der Waals surface area contributed by atoms with Gasteiger partial charge in [0.15, 0.2) is 0 Å². The monoisotopic (exact) mass is 516 g/mol. The molecule has 1 N–H and O–H groups in total. The number of nitrogens with zero attached hydrogens (tertiary/aromatic N) is 1. The highest BCUT2D eigenvalue weighted by Gasteiger charge is 2.34. The average Bonchev–Trinajstić information content (AvgIpc) is 3.03. The van der Waals surface area contributed by atoms with Crippen molar-refractivity contribution in [1.82, 2.24) is 5.43 Å². The predicted molar refractivity (Wildman–Crippen MR) is 125 cm³/mol. The zero-order chi connectivity index (χ0) is 22.0. The Labute approximate surface area is 197 Å². The van der Waals surface area contributed by atoms with E-state index in [0.717, 1.165) is 4.47 Å². The summed E-state index contributed by atoms with van der Waals surface area (Å²) in [6.07, 6.45) is 1.51. The molecule has 1 aliphatic rings. The largest absolute Gasteiger partial charge is 0.488 e. The number of hydrogen-bond acceptors (Lipinski definition) is 3. The van der Waals surface area contributed by atoms with Gasteiger partial charge in [0.2, 0.25) is 0 Å². The number of hydrogen-bond donors (Lipinski definition) is 1. The number of hydrazine groups is 1. The van der Waals surface area contributed by atoms with Gasteiger partial charge in [0.25, 0.3) is 11.8 Å². The van der Waals surface area contributed by atoms with Gasteiger partial charge in [-0.2, -0.15) is 0 Å². The highest BCUT2D eigenvalue weighted by molar-refractivity contribution is 9.10. The normalized spacial score (nSPS) is 14.8. The van der Waals surface area contributed by atoms with Crippen LogP contribution in [0.5, 0.6) is 5.75 Å². The van der Waals surface area contributed by atoms with Crippen LogP contribution < -0.4 is 15.2 Å². The van der Waals surface area contributed by atoms with Gasteiger partial charge in [0.05, 0.1) is 5.69 Å². The number of nitrogens with one attached hydrogen (secondary N) is 1. The number of benzene rings is 3. The summed E-state index contributed by atoms with van der Waals surface area (Å²) in [5.74, 6) is -0.462. The first-order chi connectivity index (χ1) is 14.9. The molecule has 5 nitrogen and oxygen atoms in total. The molecule has 2 amide bonds. The number of carbonyl (C=O) groups excluding carboxylic acids is 2. The van der Waals surface area contributed by atoms with Gasteiger partial charge in [-0.05, 0) is 48.5 Å². The van der Waals surface area contributed by atoms with Crippen LogP contribution in [0.3, 0.4) is 0 Å². The molecular formula is C23H15BrCl2N2O3. The molecule has 1 aliphatic heterocycles. The number of carbonyl (C=O) groups is 2. The molecule has 0 aliphatic carbocycles. The lowest BCUT2D eigenvalue weighted by Gasteiger charge is -2.14. The minimum atomic E-state index is -0.492. The van der Waals surface area contributed by atoms with Gasteiger partial charge in [-0.3, -0.25) is 15.0 Å². The number of rotatable bonds is 5. The van der Waals surface area contributed by atoms with Crippen LogP contribution in [0.1, 0.15) is 11.1 Å². The van der Waals surface area contributed by atoms with Crippen molar-refractivity contribution >= 4 is 62.7 Å². The van der Waals surface area contributed by atoms with Crippen molar-refractivity contribution in [2.75, 3.05) is 5.01 Å². The Bertz CT molecular complexity index is 1180. The summed E-state index contributed by atoms with van der Waals surface area (Å²) in [5.41, 5.74) is 4.37. The Hall–Kier alpha value is -2.80. The molecule has 0 radical (unpaired) electrons. The van der Waals surface area contributed by atoms with Gasteiger partial charge < -0.3 is 4.74 Å². The summed E-state index contributed by atoms with van der Waals surface area (Å²) in [5, 5.41) is 2.21. The van der Waals surface area contributed by atoms with E-state index in [2.05, 4.69) is 21.4 Å². The topological polar surface area (TPSA) is 58.6 Å². The van der Waals surface area contributed by atoms with E-state index >= 15 is 0 Å². The van der Waals surface area contributed by atoms with Gasteiger partial charge in [0, 0.05) is 25.6 Å². The fraction of sp³-hybridized carbons (Fsp3) is 0.0435. The van der Waals surface area contributed by atoms with Crippen LogP contribution in [0.2, 0.25) is 10.0 Å². The van der Waals surface area contributed by atoms with Gasteiger partial charge in [-0.15, -0.1) is 0 Å². The van der Waals surface area contributed by atoms with Crippen molar-refractivity contribution in [1.29, 1.82) is 0 Å². The maximum Gasteiger partial charge on any atom is 0.282 e. The summed E-state index contributed by atoms with van der Waals surface area (Å²) in [4.78, 5) is 25.4. The van der Waals surface area contributed by atoms with E-state index in [4.69, 9.17) is 27.9 Å². The molecule has 8 heteroatoms. The van der Waals surface area contributed by atoms with Crippen molar-refractivity contribution in [2.24, 2.45) is 0 Å². The third-order valence-electron chi connectivity index (χ3n) is 4.61. The third-order valence-corrected chi connectivity index (χ3v) is 5.81. The Kier molecular flexibility index (Phi) is 6.32. The molecule has 0 atom stereocenters. The smallest absolute Gasteiger partial charge is 0.282 e. The Morgan fingerprint density at radius 2 is 1.68 bits per heavy atom. The fourth-order valence-corrected chi connectivity index (χ4v) is 3.94. The molecule has 3 aromatic carbocycles. The molecule has 3 aromatic rings. The maximum absolute atomic E-state index is 12.9. The molecule has 31 heavy (non-hydrogen) atoms. The number of amides is 2. The highest BCUT2D eigenvalue weighted by Crippen LogP contribution is 2.31. The average molecular weight is 518 g/mol. The molecule has 1 fully saturated rings. The van der Waals surface area contributed by atoms with Gasteiger partial charge in [-0.1, -0.05) is 63.4 Å². The summed E-state index contributed by atoms with van der Waals surface area (Å²) < 4.78 is 6.71. The lowest BCUT2D eigenvalue weighted by molar-refractivity contribution is -0.117. The first kappa shape index (κ1) is 21.4. The number of anilines is 1. The number of ether oxygens (including phenoxy) is 1. The third kappa shape index (κ3) is 4.61. The van der Waals surface area contributed by atoms with E-state index in [9.17, 15) is 9.59 Å². The molecule has 156 valence electrons. The minimum absolute atomic E-state index is 0.00239. The van der Waals surface area contributed by atoms with Crippen molar-refractivity contribution < 1.29 is 14.3 Å². The lowest BCUT2D eigenvalue weighted by atomic mass is 10.1. The van der Waals surface area contributed by atoms with Gasteiger partial charge in [0.1, 0.15) is 17.9 Å². The highest BCUT2D eigenvalue weighted by atomic mass is 79.9. The van der Waals surface area contributed by atoms with Crippen LogP contribution in [-0.4, -0.2) is 11.8 Å². The first-order valence-electron chi connectivity index (χ1n) is 9.21. The van der Waals surface area contributed by atoms with Crippen LogP contribution in [0, 0.1) is 0 Å². The summed E-state index contributed by atoms with van der Waals surface area (Å²) >= 11 is 15.9. The van der Waals surface area contributed by atoms with Crippen molar-refractivity contribution in [3.05, 3.63) is 97.9 Å². The van der Waals surface area contributed by atoms with Crippen molar-refractivity contribution in [3.63, 3.8) is 0 Å². The molecule has 0 aromatic heterocycles. The molecule has 0 unspecified atom stereocenters. The van der Waals surface area contributed by atoms with Crippen LogP contribution >= 0.6 is 39.1 Å². The zero-order valence-electron chi connectivity index (χ0n) is 15.9. The molecule has 1 saturated heterocycles. The van der Waals surface area contributed by atoms with Gasteiger partial charge >= 0.3 is 0 Å². The molecule has 0 spiro atoms. The van der Waals surface area contributed by atoms with E-state index < -0.39 is 11.8 Å². The Balaban J connectivity index is 1.64. The molecule has 1 heterocycles. The van der Waals surface area contributed by atoms with Crippen LogP contribution in [0.15, 0.2) is 76.8 Å². The number of para-hydroxylation sites is 1. The van der Waals surface area contributed by atoms with E-state index in [0.29, 0.717) is 32.6 Å². The maximum atomic E-state index is 12.9. The molecule has 4 rings (SSSR count). The Morgan fingerprint density at radius 1 is 0.968 bits per heavy atom.